The van der Waals surface area contributed by atoms with E-state index in [-0.39, 0.29) is 22.4 Å². The van der Waals surface area contributed by atoms with Crippen LogP contribution in [-0.2, 0) is 24.0 Å². The lowest BCUT2D eigenvalue weighted by Gasteiger charge is -2.55. The number of hydrogen-bond donors (Lipinski definition) is 4. The topological polar surface area (TPSA) is 223 Å². The highest BCUT2D eigenvalue weighted by molar-refractivity contribution is 8.00. The molecule has 182 valence electrons. The smallest absolute Gasteiger partial charge is 0.353 e. The molecule has 2 aliphatic rings. The van der Waals surface area contributed by atoms with Crippen molar-refractivity contribution in [3.63, 3.8) is 0 Å². The molecular formula is C16H12N8O7S4. The van der Waals surface area contributed by atoms with Crippen LogP contribution in [0.5, 0.6) is 0 Å². The summed E-state index contributed by atoms with van der Waals surface area (Å²) in [5.74, 6) is -4.63. The van der Waals surface area contributed by atoms with Gasteiger partial charge in [-0.1, -0.05) is 17.4 Å². The van der Waals surface area contributed by atoms with Crippen molar-refractivity contribution in [3.8, 4) is 0 Å². The highest BCUT2D eigenvalue weighted by atomic mass is 32.2. The molecule has 35 heavy (non-hydrogen) atoms. The molecule has 5 N–H and O–H groups in total. The number of amides is 2. The minimum Gasteiger partial charge on any atom is -0.479 e. The summed E-state index contributed by atoms with van der Waals surface area (Å²) in [4.78, 5) is 58.7. The van der Waals surface area contributed by atoms with E-state index in [0.717, 1.165) is 44.9 Å². The number of carbonyl (C=O) groups excluding carboxylic acids is 2. The second-order valence-corrected chi connectivity index (χ2v) is 9.64. The molecule has 2 aromatic rings. The molecule has 1 unspecified atom stereocenters. The molecule has 4 heterocycles. The van der Waals surface area contributed by atoms with E-state index in [9.17, 15) is 24.3 Å². The fourth-order valence-electron chi connectivity index (χ4n) is 3.22. The van der Waals surface area contributed by atoms with Crippen molar-refractivity contribution in [3.05, 3.63) is 22.0 Å². The van der Waals surface area contributed by atoms with Gasteiger partial charge in [0.1, 0.15) is 21.6 Å². The maximum Gasteiger partial charge on any atom is 0.353 e. The summed E-state index contributed by atoms with van der Waals surface area (Å²) < 4.78 is 3.86. The van der Waals surface area contributed by atoms with Crippen LogP contribution in [0.25, 0.3) is 5.57 Å². The highest BCUT2D eigenvalue weighted by Gasteiger charge is 2.65. The lowest BCUT2D eigenvalue weighted by molar-refractivity contribution is -0.153. The predicted molar refractivity (Wildman–Crippen MR) is 127 cm³/mol. The molecular weight excluding hydrogens is 544 g/mol. The first-order chi connectivity index (χ1) is 16.7. The number of anilines is 1. The number of nitrogens with zero attached hydrogens (tertiary/aromatic N) is 6. The van der Waals surface area contributed by atoms with Crippen molar-refractivity contribution in [2.45, 2.75) is 10.9 Å². The van der Waals surface area contributed by atoms with Gasteiger partial charge in [-0.05, 0) is 0 Å². The highest BCUT2D eigenvalue weighted by Crippen LogP contribution is 2.47. The van der Waals surface area contributed by atoms with E-state index in [2.05, 4.69) is 34.9 Å². The maximum atomic E-state index is 13.3. The quantitative estimate of drug-likeness (QED) is 0.126. The minimum absolute atomic E-state index is 0.00236. The number of carboxylic acids is 2. The SMILES string of the molecule is Nc1nc(C(=NOCC(=O)O)C(=O)NC2(C=S)C(=O)N3C(C(=O)O)=C(c4nncs4)CS[C@H]32)ns1. The fourth-order valence-corrected chi connectivity index (χ4v) is 6.16. The largest absolute Gasteiger partial charge is 0.479 e. The van der Waals surface area contributed by atoms with Crippen LogP contribution in [0.1, 0.15) is 10.8 Å². The zero-order valence-electron chi connectivity index (χ0n) is 17.0. The number of carboxylic acid groups (broad SMARTS) is 2. The van der Waals surface area contributed by atoms with E-state index >= 15 is 0 Å². The van der Waals surface area contributed by atoms with Crippen molar-refractivity contribution in [2.75, 3.05) is 18.1 Å². The molecule has 0 saturated carbocycles. The number of thioether (sulfide) groups is 1. The number of hydrogen-bond acceptors (Lipinski definition) is 15. The Morgan fingerprint density at radius 1 is 1.43 bits per heavy atom. The molecule has 4 rings (SSSR count). The van der Waals surface area contributed by atoms with Gasteiger partial charge in [0, 0.05) is 28.2 Å². The third-order valence-corrected chi connectivity index (χ3v) is 7.67. The Kier molecular flexibility index (Phi) is 6.74. The van der Waals surface area contributed by atoms with E-state index in [4.69, 9.17) is 23.1 Å². The molecule has 1 fully saturated rings. The Labute approximate surface area is 212 Å². The van der Waals surface area contributed by atoms with E-state index in [0.29, 0.717) is 10.6 Å². The summed E-state index contributed by atoms with van der Waals surface area (Å²) in [6.45, 7) is -0.860. The molecule has 15 nitrogen and oxygen atoms in total. The number of nitrogens with two attached hydrogens (primary N) is 1. The molecule has 0 spiro atoms. The minimum atomic E-state index is -1.78. The molecule has 2 aliphatic heterocycles. The molecule has 0 radical (unpaired) electrons. The van der Waals surface area contributed by atoms with Crippen LogP contribution in [0, 0.1) is 0 Å². The monoisotopic (exact) mass is 556 g/mol. The van der Waals surface area contributed by atoms with Crippen molar-refractivity contribution >= 4 is 92.4 Å². The Morgan fingerprint density at radius 3 is 2.77 bits per heavy atom. The molecule has 19 heteroatoms. The van der Waals surface area contributed by atoms with Crippen LogP contribution in [0.4, 0.5) is 5.13 Å². The molecule has 0 aromatic carbocycles. The Morgan fingerprint density at radius 2 is 2.20 bits per heavy atom. The summed E-state index contributed by atoms with van der Waals surface area (Å²) in [6.07, 6.45) is 0. The number of rotatable bonds is 9. The number of aliphatic carboxylic acids is 2. The van der Waals surface area contributed by atoms with Gasteiger partial charge in [-0.15, -0.1) is 33.3 Å². The number of fused-ring (bicyclic) bond motifs is 1. The van der Waals surface area contributed by atoms with Gasteiger partial charge in [0.15, 0.2) is 10.7 Å². The van der Waals surface area contributed by atoms with Gasteiger partial charge in [0.2, 0.25) is 18.1 Å². The first-order valence-corrected chi connectivity index (χ1v) is 12.3. The second kappa shape index (κ2) is 9.60. The lowest BCUT2D eigenvalue weighted by Crippen LogP contribution is -2.80. The number of thiocarbonyl (C=S) groups is 1. The summed E-state index contributed by atoms with van der Waals surface area (Å²) in [6, 6.07) is 0. The summed E-state index contributed by atoms with van der Waals surface area (Å²) in [5.41, 5.74) is 4.69. The normalized spacial score (nSPS) is 21.7. The van der Waals surface area contributed by atoms with Gasteiger partial charge in [-0.2, -0.15) is 9.36 Å². The van der Waals surface area contributed by atoms with E-state index in [1.165, 1.54) is 5.51 Å². The Bertz CT molecular complexity index is 1290. The zero-order chi connectivity index (χ0) is 25.3. The molecule has 0 aliphatic carbocycles. The molecule has 2 aromatic heterocycles. The van der Waals surface area contributed by atoms with Crippen molar-refractivity contribution < 1.29 is 34.2 Å². The average Bonchev–Trinajstić information content (AvgIpc) is 3.50. The molecule has 2 amide bonds. The molecule has 1 saturated heterocycles. The number of aromatic nitrogens is 4. The van der Waals surface area contributed by atoms with Gasteiger partial charge in [0.25, 0.3) is 11.8 Å². The van der Waals surface area contributed by atoms with Crippen molar-refractivity contribution in [1.29, 1.82) is 0 Å². The van der Waals surface area contributed by atoms with Gasteiger partial charge in [-0.25, -0.2) is 9.59 Å². The Balaban J connectivity index is 1.65. The van der Waals surface area contributed by atoms with E-state index in [1.807, 2.05) is 0 Å². The lowest BCUT2D eigenvalue weighted by atomic mass is 9.87. The molecule has 2 atom stereocenters. The van der Waals surface area contributed by atoms with Crippen LogP contribution in [0.3, 0.4) is 0 Å². The van der Waals surface area contributed by atoms with Gasteiger partial charge in [0.05, 0.1) is 0 Å². The number of nitrogen functional groups attached to an aromatic ring is 1. The van der Waals surface area contributed by atoms with Crippen molar-refractivity contribution in [2.24, 2.45) is 5.16 Å². The first kappa shape index (κ1) is 24.6. The van der Waals surface area contributed by atoms with E-state index < -0.39 is 47.0 Å². The summed E-state index contributed by atoms with van der Waals surface area (Å²) >= 11 is 8.10. The van der Waals surface area contributed by atoms with E-state index in [1.54, 1.807) is 0 Å². The third-order valence-electron chi connectivity index (χ3n) is 4.65. The molecule has 0 bridgehead atoms. The Hall–Kier alpha value is -3.55. The number of carbonyl (C=O) groups is 4. The average molecular weight is 557 g/mol. The van der Waals surface area contributed by atoms with Gasteiger partial charge < -0.3 is 26.1 Å². The number of nitrogens with one attached hydrogen (secondary N) is 1. The van der Waals surface area contributed by atoms with Crippen LogP contribution in [0.2, 0.25) is 0 Å². The maximum absolute atomic E-state index is 13.3. The number of β-lactam (4-membered cyclic amide) rings is 1. The summed E-state index contributed by atoms with van der Waals surface area (Å²) in [7, 11) is 0. The number of oxime groups is 1. The predicted octanol–water partition coefficient (Wildman–Crippen LogP) is -0.957. The standard InChI is InChI=1S/C16H12N8O7S4/c17-15-19-9(23-35-15)7(22-31-1-6(25)26)10(27)20-16(3-32)13(30)24-8(12(28)29)5(2-33-14(16)24)11-21-18-4-34-11/h3-4,14H,1-2H2,(H,20,27)(H,25,26)(H,28,29)(H2,17,19,23)/t14-,16?/m0/s1. The van der Waals surface area contributed by atoms with Gasteiger partial charge >= 0.3 is 11.9 Å². The summed E-state index contributed by atoms with van der Waals surface area (Å²) in [5, 5.41) is 32.6. The zero-order valence-corrected chi connectivity index (χ0v) is 20.2. The third kappa shape index (κ3) is 4.33. The van der Waals surface area contributed by atoms with Crippen LogP contribution < -0.4 is 11.1 Å². The second-order valence-electron chi connectivity index (χ2n) is 6.72. The van der Waals surface area contributed by atoms with Crippen LogP contribution in [-0.4, -0.2) is 92.8 Å². The van der Waals surface area contributed by atoms with Gasteiger partial charge in [-0.3, -0.25) is 14.5 Å². The van der Waals surface area contributed by atoms with Crippen molar-refractivity contribution in [1.82, 2.24) is 29.8 Å². The first-order valence-electron chi connectivity index (χ1n) is 9.18. The fraction of sp³-hybridized carbons (Fsp3) is 0.250. The van der Waals surface area contributed by atoms with Crippen LogP contribution in [0.15, 0.2) is 16.4 Å². The van der Waals surface area contributed by atoms with Crippen LogP contribution >= 0.6 is 46.8 Å².